The molecule has 0 aromatic heterocycles. The highest BCUT2D eigenvalue weighted by atomic mass is 32.2. The maximum absolute atomic E-state index is 12.4. The topological polar surface area (TPSA) is 61.9 Å². The molecule has 1 unspecified atom stereocenters. The van der Waals surface area contributed by atoms with Gasteiger partial charge in [0.2, 0.25) is 10.0 Å². The molecular formula is C22H31N3O3S. The summed E-state index contributed by atoms with van der Waals surface area (Å²) in [4.78, 5) is 4.73. The van der Waals surface area contributed by atoms with Crippen molar-refractivity contribution in [2.45, 2.75) is 19.4 Å². The van der Waals surface area contributed by atoms with Crippen molar-refractivity contribution >= 4 is 15.7 Å². The van der Waals surface area contributed by atoms with E-state index in [1.807, 2.05) is 30.3 Å². The van der Waals surface area contributed by atoms with Gasteiger partial charge in [0, 0.05) is 44.5 Å². The van der Waals surface area contributed by atoms with Crippen molar-refractivity contribution in [3.63, 3.8) is 0 Å². The summed E-state index contributed by atoms with van der Waals surface area (Å²) >= 11 is 0. The molecule has 0 bridgehead atoms. The molecule has 1 N–H and O–H groups in total. The molecule has 0 aliphatic carbocycles. The molecule has 158 valence electrons. The summed E-state index contributed by atoms with van der Waals surface area (Å²) in [7, 11) is -1.68. The monoisotopic (exact) mass is 417 g/mol. The van der Waals surface area contributed by atoms with Crippen LogP contribution in [0.15, 0.2) is 54.6 Å². The quantitative estimate of drug-likeness (QED) is 0.679. The van der Waals surface area contributed by atoms with Crippen molar-refractivity contribution in [2.24, 2.45) is 0 Å². The van der Waals surface area contributed by atoms with Crippen LogP contribution in [0.4, 0.5) is 5.69 Å². The lowest BCUT2D eigenvalue weighted by atomic mass is 10.2. The summed E-state index contributed by atoms with van der Waals surface area (Å²) in [5, 5.41) is 0. The molecule has 0 spiro atoms. The Hall–Kier alpha value is -2.09. The Morgan fingerprint density at radius 3 is 2.28 bits per heavy atom. The predicted molar refractivity (Wildman–Crippen MR) is 118 cm³/mol. The third-order valence-corrected chi connectivity index (χ3v) is 6.82. The van der Waals surface area contributed by atoms with E-state index < -0.39 is 10.0 Å². The summed E-state index contributed by atoms with van der Waals surface area (Å²) in [5.41, 5.74) is 2.24. The van der Waals surface area contributed by atoms with E-state index in [1.54, 1.807) is 7.11 Å². The van der Waals surface area contributed by atoms with Crippen LogP contribution in [0.5, 0.6) is 5.75 Å². The Morgan fingerprint density at radius 2 is 1.66 bits per heavy atom. The number of anilines is 1. The maximum Gasteiger partial charge on any atom is 0.211 e. The van der Waals surface area contributed by atoms with Crippen LogP contribution in [0.1, 0.15) is 12.5 Å². The number of benzene rings is 2. The number of hydrogen-bond acceptors (Lipinski definition) is 5. The lowest BCUT2D eigenvalue weighted by molar-refractivity contribution is 0.198. The first kappa shape index (κ1) is 21.6. The van der Waals surface area contributed by atoms with Crippen LogP contribution >= 0.6 is 0 Å². The van der Waals surface area contributed by atoms with Crippen molar-refractivity contribution in [3.8, 4) is 5.75 Å². The third-order valence-electron chi connectivity index (χ3n) is 5.48. The zero-order chi connectivity index (χ0) is 20.7. The minimum absolute atomic E-state index is 0.0911. The van der Waals surface area contributed by atoms with Crippen LogP contribution < -0.4 is 14.4 Å². The van der Waals surface area contributed by atoms with Gasteiger partial charge in [0.15, 0.2) is 0 Å². The number of sulfonamides is 1. The normalized spacial score (nSPS) is 16.6. The number of nitrogens with one attached hydrogen (secondary N) is 1. The predicted octanol–water partition coefficient (Wildman–Crippen LogP) is 2.37. The first-order valence-corrected chi connectivity index (χ1v) is 11.8. The molecule has 1 aliphatic rings. The Labute approximate surface area is 174 Å². The fourth-order valence-corrected chi connectivity index (χ4v) is 4.70. The van der Waals surface area contributed by atoms with Gasteiger partial charge in [0.25, 0.3) is 0 Å². The maximum atomic E-state index is 12.4. The lowest BCUT2D eigenvalue weighted by Crippen LogP contribution is -2.52. The largest absolute Gasteiger partial charge is 0.497 e. The highest BCUT2D eigenvalue weighted by Gasteiger charge is 2.22. The lowest BCUT2D eigenvalue weighted by Gasteiger charge is -2.39. The Balaban J connectivity index is 1.41. The van der Waals surface area contributed by atoms with Crippen molar-refractivity contribution < 1.29 is 13.2 Å². The van der Waals surface area contributed by atoms with Crippen molar-refractivity contribution in [2.75, 3.05) is 50.5 Å². The number of nitrogens with zero attached hydrogens (tertiary/aromatic N) is 2. The van der Waals surface area contributed by atoms with Crippen molar-refractivity contribution in [3.05, 3.63) is 60.2 Å². The number of ether oxygens (including phenoxy) is 1. The second-order valence-electron chi connectivity index (χ2n) is 7.47. The summed E-state index contributed by atoms with van der Waals surface area (Å²) in [6.07, 6.45) is 0.490. The van der Waals surface area contributed by atoms with Crippen LogP contribution in [-0.4, -0.2) is 64.9 Å². The zero-order valence-corrected chi connectivity index (χ0v) is 18.1. The summed E-state index contributed by atoms with van der Waals surface area (Å²) in [6, 6.07) is 18.1. The van der Waals surface area contributed by atoms with Gasteiger partial charge in [-0.3, -0.25) is 4.90 Å². The number of piperazine rings is 1. The molecule has 6 nitrogen and oxygen atoms in total. The van der Waals surface area contributed by atoms with Gasteiger partial charge in [-0.05, 0) is 43.2 Å². The van der Waals surface area contributed by atoms with E-state index in [-0.39, 0.29) is 11.8 Å². The smallest absolute Gasteiger partial charge is 0.211 e. The van der Waals surface area contributed by atoms with Crippen LogP contribution in [0, 0.1) is 0 Å². The molecule has 1 fully saturated rings. The minimum atomic E-state index is -3.30. The molecule has 0 amide bonds. The van der Waals surface area contributed by atoms with E-state index in [0.717, 1.165) is 37.5 Å². The third kappa shape index (κ3) is 6.45. The van der Waals surface area contributed by atoms with Crippen molar-refractivity contribution in [1.82, 2.24) is 9.62 Å². The van der Waals surface area contributed by atoms with Gasteiger partial charge in [-0.2, -0.15) is 0 Å². The van der Waals surface area contributed by atoms with E-state index in [2.05, 4.69) is 45.7 Å². The van der Waals surface area contributed by atoms with Crippen LogP contribution in [0.25, 0.3) is 0 Å². The van der Waals surface area contributed by atoms with E-state index in [0.29, 0.717) is 13.0 Å². The molecule has 3 rings (SSSR count). The highest BCUT2D eigenvalue weighted by Crippen LogP contribution is 2.16. The Kier molecular flexibility index (Phi) is 7.52. The van der Waals surface area contributed by atoms with E-state index in [1.165, 1.54) is 5.69 Å². The van der Waals surface area contributed by atoms with Gasteiger partial charge in [-0.25, -0.2) is 13.1 Å². The van der Waals surface area contributed by atoms with E-state index >= 15 is 0 Å². The minimum Gasteiger partial charge on any atom is -0.497 e. The average molecular weight is 418 g/mol. The first-order chi connectivity index (χ1) is 14.0. The van der Waals surface area contributed by atoms with Crippen molar-refractivity contribution in [1.29, 1.82) is 0 Å². The number of methoxy groups -OCH3 is 1. The molecule has 1 atom stereocenters. The number of rotatable bonds is 9. The summed E-state index contributed by atoms with van der Waals surface area (Å²) in [6.45, 7) is 6.31. The molecule has 1 heterocycles. The summed E-state index contributed by atoms with van der Waals surface area (Å²) < 4.78 is 32.7. The number of aryl methyl sites for hydroxylation is 1. The average Bonchev–Trinajstić information content (AvgIpc) is 2.77. The molecule has 7 heteroatoms. The number of para-hydroxylation sites is 1. The fourth-order valence-electron chi connectivity index (χ4n) is 3.55. The zero-order valence-electron chi connectivity index (χ0n) is 17.3. The van der Waals surface area contributed by atoms with E-state index in [4.69, 9.17) is 4.74 Å². The summed E-state index contributed by atoms with van der Waals surface area (Å²) in [5.74, 6) is 0.865. The molecule has 0 radical (unpaired) electrons. The second-order valence-corrected chi connectivity index (χ2v) is 9.40. The molecule has 2 aromatic carbocycles. The highest BCUT2D eigenvalue weighted by molar-refractivity contribution is 7.89. The van der Waals surface area contributed by atoms with Gasteiger partial charge >= 0.3 is 0 Å². The standard InChI is InChI=1S/C22H31N3O3S/c1-19(24-13-15-25(16-14-24)21-6-4-3-5-7-21)18-23-29(26,27)17-12-20-8-10-22(28-2)11-9-20/h3-11,19,23H,12-18H2,1-2H3. The molecule has 2 aromatic rings. The van der Waals surface area contributed by atoms with Gasteiger partial charge in [0.05, 0.1) is 12.9 Å². The molecule has 1 saturated heterocycles. The molecule has 1 aliphatic heterocycles. The molecule has 0 saturated carbocycles. The fraction of sp³-hybridized carbons (Fsp3) is 0.455. The SMILES string of the molecule is COc1ccc(CCS(=O)(=O)NCC(C)N2CCN(c3ccccc3)CC2)cc1. The number of hydrogen-bond donors (Lipinski definition) is 1. The van der Waals surface area contributed by atoms with Crippen LogP contribution in [0.2, 0.25) is 0 Å². The second kappa shape index (κ2) is 10.1. The van der Waals surface area contributed by atoms with Gasteiger partial charge in [0.1, 0.15) is 5.75 Å². The Morgan fingerprint density at radius 1 is 1.00 bits per heavy atom. The molecule has 29 heavy (non-hydrogen) atoms. The first-order valence-electron chi connectivity index (χ1n) is 10.1. The van der Waals surface area contributed by atoms with Gasteiger partial charge in [-0.1, -0.05) is 30.3 Å². The van der Waals surface area contributed by atoms with Crippen LogP contribution in [-0.2, 0) is 16.4 Å². The van der Waals surface area contributed by atoms with Gasteiger partial charge < -0.3 is 9.64 Å². The van der Waals surface area contributed by atoms with Gasteiger partial charge in [-0.15, -0.1) is 0 Å². The Bertz CT molecular complexity index is 849. The molecular weight excluding hydrogens is 386 g/mol. The van der Waals surface area contributed by atoms with E-state index in [9.17, 15) is 8.42 Å². The van der Waals surface area contributed by atoms with Crippen LogP contribution in [0.3, 0.4) is 0 Å².